The molecule has 1 saturated heterocycles. The Bertz CT molecular complexity index is 849. The van der Waals surface area contributed by atoms with Gasteiger partial charge < -0.3 is 0 Å². The van der Waals surface area contributed by atoms with Crippen molar-refractivity contribution in [1.82, 2.24) is 9.21 Å². The van der Waals surface area contributed by atoms with Crippen molar-refractivity contribution in [3.63, 3.8) is 0 Å². The minimum absolute atomic E-state index is 0.390. The predicted molar refractivity (Wildman–Crippen MR) is 112 cm³/mol. The third-order valence-corrected chi connectivity index (χ3v) is 10.4. The molecule has 0 N–H and O–H groups in total. The Morgan fingerprint density at radius 2 is 1.29 bits per heavy atom. The van der Waals surface area contributed by atoms with Crippen LogP contribution in [0, 0.1) is 38.5 Å². The van der Waals surface area contributed by atoms with Crippen LogP contribution in [-0.4, -0.2) is 49.3 Å². The van der Waals surface area contributed by atoms with Gasteiger partial charge in [-0.2, -0.15) is 4.31 Å². The summed E-state index contributed by atoms with van der Waals surface area (Å²) in [6.07, 6.45) is 8.46. The van der Waals surface area contributed by atoms with Gasteiger partial charge in [-0.05, 0) is 99.8 Å². The van der Waals surface area contributed by atoms with Gasteiger partial charge in [0.25, 0.3) is 0 Å². The summed E-state index contributed by atoms with van der Waals surface area (Å²) in [7, 11) is -3.40. The second kappa shape index (κ2) is 6.55. The molecular weight excluding hydrogens is 368 g/mol. The Morgan fingerprint density at radius 1 is 0.786 bits per heavy atom. The van der Waals surface area contributed by atoms with Gasteiger partial charge in [-0.15, -0.1) is 0 Å². The first-order valence-corrected chi connectivity index (χ1v) is 12.5. The van der Waals surface area contributed by atoms with Gasteiger partial charge in [0.2, 0.25) is 10.0 Å². The number of piperazine rings is 1. The number of aryl methyl sites for hydroxylation is 3. The van der Waals surface area contributed by atoms with Crippen molar-refractivity contribution in [3.05, 3.63) is 28.8 Å². The Hall–Kier alpha value is -0.910. The summed E-state index contributed by atoms with van der Waals surface area (Å²) in [5, 5.41) is 0. The van der Waals surface area contributed by atoms with Gasteiger partial charge in [0, 0.05) is 31.7 Å². The zero-order chi connectivity index (χ0) is 19.7. The van der Waals surface area contributed by atoms with Crippen LogP contribution in [0.1, 0.15) is 55.2 Å². The maximum Gasteiger partial charge on any atom is 0.243 e. The predicted octanol–water partition coefficient (Wildman–Crippen LogP) is 3.89. The van der Waals surface area contributed by atoms with Crippen molar-refractivity contribution in [2.24, 2.45) is 17.8 Å². The van der Waals surface area contributed by atoms with Crippen LogP contribution >= 0.6 is 0 Å². The quantitative estimate of drug-likeness (QED) is 0.770. The Labute approximate surface area is 170 Å². The van der Waals surface area contributed by atoms with E-state index in [-0.39, 0.29) is 0 Å². The van der Waals surface area contributed by atoms with E-state index < -0.39 is 10.0 Å². The van der Waals surface area contributed by atoms with E-state index in [9.17, 15) is 8.42 Å². The van der Waals surface area contributed by atoms with E-state index in [2.05, 4.69) is 4.90 Å². The molecule has 1 aromatic carbocycles. The molecule has 5 aliphatic rings. The summed E-state index contributed by atoms with van der Waals surface area (Å²) in [6.45, 7) is 9.03. The second-order valence-corrected chi connectivity index (χ2v) is 12.1. The molecule has 1 aromatic rings. The van der Waals surface area contributed by atoms with Gasteiger partial charge in [-0.25, -0.2) is 8.42 Å². The molecule has 0 spiro atoms. The van der Waals surface area contributed by atoms with E-state index in [0.717, 1.165) is 47.5 Å². The fourth-order valence-corrected chi connectivity index (χ4v) is 8.92. The molecule has 1 heterocycles. The Kier molecular flexibility index (Phi) is 4.46. The van der Waals surface area contributed by atoms with E-state index in [1.807, 2.05) is 32.9 Å². The number of sulfonamides is 1. The molecule has 154 valence electrons. The first-order chi connectivity index (χ1) is 13.3. The number of nitrogens with zero attached hydrogens (tertiary/aromatic N) is 2. The zero-order valence-corrected chi connectivity index (χ0v) is 18.4. The SMILES string of the molecule is Cc1cc(C)c(S(=O)(=O)N2CCN(C34CC5CC(CC(C5)C3)C4)CC2)cc1C. The molecule has 4 aliphatic carbocycles. The fraction of sp³-hybridized carbons (Fsp3) is 0.739. The van der Waals surface area contributed by atoms with E-state index >= 15 is 0 Å². The molecule has 0 unspecified atom stereocenters. The molecule has 0 atom stereocenters. The van der Waals surface area contributed by atoms with Crippen molar-refractivity contribution in [2.75, 3.05) is 26.2 Å². The normalized spacial score (nSPS) is 36.2. The van der Waals surface area contributed by atoms with Crippen molar-refractivity contribution in [1.29, 1.82) is 0 Å². The number of rotatable bonds is 3. The monoisotopic (exact) mass is 402 g/mol. The number of benzene rings is 1. The van der Waals surface area contributed by atoms with E-state index in [1.54, 1.807) is 4.31 Å². The second-order valence-electron chi connectivity index (χ2n) is 10.2. The lowest BCUT2D eigenvalue weighted by atomic mass is 9.52. The lowest BCUT2D eigenvalue weighted by Gasteiger charge is -2.61. The van der Waals surface area contributed by atoms with Crippen LogP contribution in [0.3, 0.4) is 0 Å². The zero-order valence-electron chi connectivity index (χ0n) is 17.6. The molecule has 4 bridgehead atoms. The summed E-state index contributed by atoms with van der Waals surface area (Å²) >= 11 is 0. The van der Waals surface area contributed by atoms with E-state index in [1.165, 1.54) is 38.5 Å². The lowest BCUT2D eigenvalue weighted by molar-refractivity contribution is -0.0964. The molecule has 0 amide bonds. The molecule has 5 fully saturated rings. The van der Waals surface area contributed by atoms with E-state index in [0.29, 0.717) is 23.5 Å². The Balaban J connectivity index is 1.33. The third-order valence-electron chi connectivity index (χ3n) is 8.32. The van der Waals surface area contributed by atoms with Crippen LogP contribution in [0.4, 0.5) is 0 Å². The van der Waals surface area contributed by atoms with Crippen molar-refractivity contribution in [3.8, 4) is 0 Å². The van der Waals surface area contributed by atoms with Gasteiger partial charge in [-0.3, -0.25) is 4.90 Å². The van der Waals surface area contributed by atoms with Gasteiger partial charge in [0.05, 0.1) is 4.90 Å². The minimum Gasteiger partial charge on any atom is -0.295 e. The van der Waals surface area contributed by atoms with E-state index in [4.69, 9.17) is 0 Å². The summed E-state index contributed by atoms with van der Waals surface area (Å²) < 4.78 is 28.4. The maximum atomic E-state index is 13.3. The molecule has 1 aliphatic heterocycles. The van der Waals surface area contributed by atoms with Crippen LogP contribution in [0.2, 0.25) is 0 Å². The highest BCUT2D eigenvalue weighted by Gasteiger charge is 2.54. The molecule has 6 rings (SSSR count). The summed E-state index contributed by atoms with van der Waals surface area (Å²) in [4.78, 5) is 3.19. The maximum absolute atomic E-state index is 13.3. The first kappa shape index (κ1) is 19.1. The largest absolute Gasteiger partial charge is 0.295 e. The third kappa shape index (κ3) is 2.96. The summed E-state index contributed by atoms with van der Waals surface area (Å²) in [5.74, 6) is 2.81. The topological polar surface area (TPSA) is 40.6 Å². The molecule has 28 heavy (non-hydrogen) atoms. The molecule has 4 nitrogen and oxygen atoms in total. The molecule has 0 aromatic heterocycles. The van der Waals surface area contributed by atoms with Crippen molar-refractivity contribution >= 4 is 10.0 Å². The highest BCUT2D eigenvalue weighted by Crippen LogP contribution is 2.57. The average Bonchev–Trinajstić information content (AvgIpc) is 2.63. The van der Waals surface area contributed by atoms with Crippen molar-refractivity contribution in [2.45, 2.75) is 69.7 Å². The van der Waals surface area contributed by atoms with Gasteiger partial charge in [-0.1, -0.05) is 6.07 Å². The molecular formula is C23H34N2O2S. The highest BCUT2D eigenvalue weighted by atomic mass is 32.2. The fourth-order valence-electron chi connectivity index (χ4n) is 7.21. The van der Waals surface area contributed by atoms with Crippen molar-refractivity contribution < 1.29 is 8.42 Å². The molecule has 4 saturated carbocycles. The highest BCUT2D eigenvalue weighted by molar-refractivity contribution is 7.89. The lowest BCUT2D eigenvalue weighted by Crippen LogP contribution is -2.64. The van der Waals surface area contributed by atoms with Crippen LogP contribution in [0.25, 0.3) is 0 Å². The van der Waals surface area contributed by atoms with Crippen LogP contribution in [0.15, 0.2) is 17.0 Å². The number of hydrogen-bond acceptors (Lipinski definition) is 3. The van der Waals surface area contributed by atoms with Gasteiger partial charge >= 0.3 is 0 Å². The average molecular weight is 403 g/mol. The smallest absolute Gasteiger partial charge is 0.243 e. The van der Waals surface area contributed by atoms with Gasteiger partial charge in [0.1, 0.15) is 0 Å². The van der Waals surface area contributed by atoms with Gasteiger partial charge in [0.15, 0.2) is 0 Å². The summed E-state index contributed by atoms with van der Waals surface area (Å²) in [6, 6.07) is 3.87. The summed E-state index contributed by atoms with van der Waals surface area (Å²) in [5.41, 5.74) is 3.46. The molecule has 5 heteroatoms. The molecule has 0 radical (unpaired) electrons. The standard InChI is InChI=1S/C23H34N2O2S/c1-16-8-18(3)22(9-17(16)2)28(26,27)25-6-4-24(5-7-25)23-13-19-10-20(14-23)12-21(11-19)15-23/h8-9,19-21H,4-7,10-15H2,1-3H3. The Morgan fingerprint density at radius 3 is 1.82 bits per heavy atom. The van der Waals surface area contributed by atoms with Crippen LogP contribution < -0.4 is 0 Å². The van der Waals surface area contributed by atoms with Crippen LogP contribution in [0.5, 0.6) is 0 Å². The minimum atomic E-state index is -3.40. The first-order valence-electron chi connectivity index (χ1n) is 11.1. The van der Waals surface area contributed by atoms with Crippen LogP contribution in [-0.2, 0) is 10.0 Å². The number of hydrogen-bond donors (Lipinski definition) is 0.